The molecule has 2 nitrogen and oxygen atoms in total. The van der Waals surface area contributed by atoms with Gasteiger partial charge in [-0.05, 0) is 36.8 Å². The van der Waals surface area contributed by atoms with Gasteiger partial charge in [0.1, 0.15) is 6.10 Å². The van der Waals surface area contributed by atoms with E-state index in [4.69, 9.17) is 4.74 Å². The van der Waals surface area contributed by atoms with Crippen molar-refractivity contribution in [3.63, 3.8) is 0 Å². The molecule has 0 unspecified atom stereocenters. The summed E-state index contributed by atoms with van der Waals surface area (Å²) >= 11 is 0. The summed E-state index contributed by atoms with van der Waals surface area (Å²) in [5, 5.41) is 0. The van der Waals surface area contributed by atoms with E-state index in [0.717, 1.165) is 19.3 Å². The summed E-state index contributed by atoms with van der Waals surface area (Å²) in [4.78, 5) is 11.1. The molecule has 1 aromatic rings. The van der Waals surface area contributed by atoms with E-state index >= 15 is 0 Å². The zero-order valence-corrected chi connectivity index (χ0v) is 10.2. The van der Waals surface area contributed by atoms with Crippen LogP contribution in [0, 0.1) is 0 Å². The van der Waals surface area contributed by atoms with Crippen LogP contribution in [0.4, 0.5) is 0 Å². The van der Waals surface area contributed by atoms with Gasteiger partial charge in [0.15, 0.2) is 0 Å². The van der Waals surface area contributed by atoms with Crippen LogP contribution in [0.2, 0.25) is 0 Å². The second-order valence-electron chi connectivity index (χ2n) is 4.47. The number of rotatable bonds is 2. The highest BCUT2D eigenvalue weighted by Gasteiger charge is 2.21. The van der Waals surface area contributed by atoms with Crippen LogP contribution in [0.15, 0.2) is 35.9 Å². The molecule has 0 spiro atoms. The number of hydrogen-bond donors (Lipinski definition) is 0. The Morgan fingerprint density at radius 1 is 1.29 bits per heavy atom. The molecule has 0 aromatic heterocycles. The molecule has 2 rings (SSSR count). The summed E-state index contributed by atoms with van der Waals surface area (Å²) in [7, 11) is 0. The van der Waals surface area contributed by atoms with Crippen molar-refractivity contribution in [2.75, 3.05) is 0 Å². The Morgan fingerprint density at radius 3 is 2.76 bits per heavy atom. The number of carbonyl (C=O) groups excluding carboxylic acids is 1. The van der Waals surface area contributed by atoms with Crippen LogP contribution in [0.3, 0.4) is 0 Å². The molecule has 17 heavy (non-hydrogen) atoms. The molecule has 0 saturated heterocycles. The minimum atomic E-state index is -0.184. The predicted octanol–water partition coefficient (Wildman–Crippen LogP) is 3.58. The molecule has 1 aliphatic rings. The molecule has 1 aliphatic carbocycles. The molecule has 1 atom stereocenters. The Hall–Kier alpha value is -1.57. The van der Waals surface area contributed by atoms with Crippen molar-refractivity contribution < 1.29 is 9.53 Å². The van der Waals surface area contributed by atoms with Crippen molar-refractivity contribution >= 4 is 12.0 Å². The van der Waals surface area contributed by atoms with E-state index in [1.54, 1.807) is 0 Å². The first-order valence-electron chi connectivity index (χ1n) is 6.18. The van der Waals surface area contributed by atoms with Crippen LogP contribution < -0.4 is 0 Å². The first-order valence-corrected chi connectivity index (χ1v) is 6.18. The van der Waals surface area contributed by atoms with E-state index in [2.05, 4.69) is 18.2 Å². The number of carbonyl (C=O) groups is 1. The van der Waals surface area contributed by atoms with Gasteiger partial charge in [0.2, 0.25) is 0 Å². The quantitative estimate of drug-likeness (QED) is 0.726. The van der Waals surface area contributed by atoms with Crippen LogP contribution in [-0.2, 0) is 9.53 Å². The molecule has 0 aliphatic heterocycles. The Morgan fingerprint density at radius 2 is 2.06 bits per heavy atom. The molecule has 0 heterocycles. The normalized spacial score (nSPS) is 22.4. The molecule has 0 radical (unpaired) electrons. The first kappa shape index (κ1) is 11.9. The largest absolute Gasteiger partial charge is 0.458 e. The number of hydrogen-bond acceptors (Lipinski definition) is 2. The molecule has 90 valence electrons. The fraction of sp³-hybridized carbons (Fsp3) is 0.400. The van der Waals surface area contributed by atoms with Gasteiger partial charge >= 0.3 is 5.97 Å². The summed E-state index contributed by atoms with van der Waals surface area (Å²) in [6.45, 7) is 1.48. The van der Waals surface area contributed by atoms with Gasteiger partial charge in [-0.3, -0.25) is 4.79 Å². The smallest absolute Gasteiger partial charge is 0.303 e. The third-order valence-corrected chi connectivity index (χ3v) is 3.06. The lowest BCUT2D eigenvalue weighted by Gasteiger charge is -2.25. The molecule has 2 heteroatoms. The lowest BCUT2D eigenvalue weighted by molar-refractivity contribution is -0.145. The summed E-state index contributed by atoms with van der Waals surface area (Å²) < 4.78 is 5.37. The van der Waals surface area contributed by atoms with Gasteiger partial charge in [0.05, 0.1) is 0 Å². The van der Waals surface area contributed by atoms with Crippen molar-refractivity contribution in [2.24, 2.45) is 0 Å². The van der Waals surface area contributed by atoms with Gasteiger partial charge in [0, 0.05) is 6.92 Å². The Labute approximate surface area is 102 Å². The van der Waals surface area contributed by atoms with Gasteiger partial charge < -0.3 is 4.74 Å². The van der Waals surface area contributed by atoms with Gasteiger partial charge in [-0.2, -0.15) is 0 Å². The van der Waals surface area contributed by atoms with E-state index in [1.807, 2.05) is 18.2 Å². The predicted molar refractivity (Wildman–Crippen MR) is 68.4 cm³/mol. The monoisotopic (exact) mass is 230 g/mol. The standard InChI is InChI=1S/C15H18O2/c1-12(16)17-15-10-6-5-9-14(15)11-13-7-3-2-4-8-13/h2-4,7-8,11,15H,5-6,9-10H2,1H3/b14-11-/t15-/m1/s1. The summed E-state index contributed by atoms with van der Waals surface area (Å²) in [5.41, 5.74) is 2.43. The summed E-state index contributed by atoms with van der Waals surface area (Å²) in [6, 6.07) is 10.2. The molecule has 1 aromatic carbocycles. The Bertz CT molecular complexity index is 406. The van der Waals surface area contributed by atoms with Gasteiger partial charge in [-0.1, -0.05) is 36.4 Å². The Balaban J connectivity index is 2.16. The minimum Gasteiger partial charge on any atom is -0.458 e. The second kappa shape index (κ2) is 5.67. The number of benzene rings is 1. The van der Waals surface area contributed by atoms with Crippen molar-refractivity contribution in [3.05, 3.63) is 41.5 Å². The van der Waals surface area contributed by atoms with Gasteiger partial charge in [0.25, 0.3) is 0 Å². The fourth-order valence-corrected chi connectivity index (χ4v) is 2.27. The highest BCUT2D eigenvalue weighted by molar-refractivity contribution is 5.67. The van der Waals surface area contributed by atoms with Gasteiger partial charge in [-0.15, -0.1) is 0 Å². The highest BCUT2D eigenvalue weighted by atomic mass is 16.5. The minimum absolute atomic E-state index is 0.0125. The molecule has 1 fully saturated rings. The maximum atomic E-state index is 11.1. The van der Waals surface area contributed by atoms with Crippen LogP contribution in [0.1, 0.15) is 38.2 Å². The third-order valence-electron chi connectivity index (χ3n) is 3.06. The van der Waals surface area contributed by atoms with Crippen LogP contribution in [-0.4, -0.2) is 12.1 Å². The average Bonchev–Trinajstić information content (AvgIpc) is 2.32. The lowest BCUT2D eigenvalue weighted by Crippen LogP contribution is -2.22. The van der Waals surface area contributed by atoms with E-state index in [1.165, 1.54) is 24.5 Å². The summed E-state index contributed by atoms with van der Waals surface area (Å²) in [6.07, 6.45) is 6.47. The van der Waals surface area contributed by atoms with E-state index in [0.29, 0.717) is 0 Å². The first-order chi connectivity index (χ1) is 8.25. The number of esters is 1. The molecular weight excluding hydrogens is 212 g/mol. The Kier molecular flexibility index (Phi) is 3.97. The second-order valence-corrected chi connectivity index (χ2v) is 4.47. The maximum Gasteiger partial charge on any atom is 0.303 e. The van der Waals surface area contributed by atoms with Crippen molar-refractivity contribution in [1.82, 2.24) is 0 Å². The number of ether oxygens (including phenoxy) is 1. The third kappa shape index (κ3) is 3.45. The van der Waals surface area contributed by atoms with Crippen LogP contribution >= 0.6 is 0 Å². The zero-order valence-electron chi connectivity index (χ0n) is 10.2. The zero-order chi connectivity index (χ0) is 12.1. The summed E-state index contributed by atoms with van der Waals surface area (Å²) in [5.74, 6) is -0.184. The van der Waals surface area contributed by atoms with E-state index < -0.39 is 0 Å². The molecule has 0 N–H and O–H groups in total. The van der Waals surface area contributed by atoms with Crippen molar-refractivity contribution in [3.8, 4) is 0 Å². The maximum absolute atomic E-state index is 11.1. The fourth-order valence-electron chi connectivity index (χ4n) is 2.27. The topological polar surface area (TPSA) is 26.3 Å². The molecule has 1 saturated carbocycles. The highest BCUT2D eigenvalue weighted by Crippen LogP contribution is 2.28. The van der Waals surface area contributed by atoms with E-state index in [9.17, 15) is 4.79 Å². The van der Waals surface area contributed by atoms with Crippen molar-refractivity contribution in [2.45, 2.75) is 38.7 Å². The van der Waals surface area contributed by atoms with E-state index in [-0.39, 0.29) is 12.1 Å². The van der Waals surface area contributed by atoms with Crippen LogP contribution in [0.25, 0.3) is 6.08 Å². The van der Waals surface area contributed by atoms with Crippen molar-refractivity contribution in [1.29, 1.82) is 0 Å². The van der Waals surface area contributed by atoms with Crippen LogP contribution in [0.5, 0.6) is 0 Å². The average molecular weight is 230 g/mol. The molecule has 0 amide bonds. The molecule has 0 bridgehead atoms. The SMILES string of the molecule is CC(=O)O[C@@H]1CCCC/C1=C/c1ccccc1. The molecular formula is C15H18O2. The lowest BCUT2D eigenvalue weighted by atomic mass is 9.90. The van der Waals surface area contributed by atoms with Gasteiger partial charge in [-0.25, -0.2) is 0 Å².